The van der Waals surface area contributed by atoms with E-state index in [1.54, 1.807) is 0 Å². The average Bonchev–Trinajstić information content (AvgIpc) is 2.45. The largest absolute Gasteiger partial charge is 0.401 e. The predicted molar refractivity (Wildman–Crippen MR) is 59.3 cm³/mol. The summed E-state index contributed by atoms with van der Waals surface area (Å²) in [6.07, 6.45) is -10.7. The molecule has 1 rings (SSSR count). The predicted octanol–water partition coefficient (Wildman–Crippen LogP) is 5.69. The minimum absolute atomic E-state index is 0.0374. The van der Waals surface area contributed by atoms with Gasteiger partial charge in [0.1, 0.15) is 0 Å². The van der Waals surface area contributed by atoms with Gasteiger partial charge in [-0.1, -0.05) is 15.9 Å². The Kier molecular flexibility index (Phi) is 4.57. The highest BCUT2D eigenvalue weighted by Crippen LogP contribution is 2.52. The average molecular weight is 406 g/mol. The Morgan fingerprint density at radius 1 is 1.06 bits per heavy atom. The quantitative estimate of drug-likeness (QED) is 0.438. The number of hydrogen-bond donors (Lipinski definition) is 0. The highest BCUT2D eigenvalue weighted by Gasteiger charge is 2.60. The fourth-order valence-electron chi connectivity index (χ4n) is 1.17. The molecule has 98 valence electrons. The van der Waals surface area contributed by atoms with Crippen molar-refractivity contribution in [3.8, 4) is 0 Å². The Morgan fingerprint density at radius 2 is 1.53 bits per heavy atom. The van der Waals surface area contributed by atoms with Gasteiger partial charge in [-0.25, -0.2) is 0 Å². The summed E-state index contributed by atoms with van der Waals surface area (Å²) in [5.74, 6) is -3.43. The Hall–Kier alpha value is 0.240. The monoisotopic (exact) mass is 404 g/mol. The van der Waals surface area contributed by atoms with E-state index in [1.165, 1.54) is 11.4 Å². The lowest BCUT2D eigenvalue weighted by Crippen LogP contribution is -2.39. The molecule has 0 aliphatic carbocycles. The first kappa shape index (κ1) is 15.3. The lowest BCUT2D eigenvalue weighted by atomic mass is 10.0. The number of halogens is 8. The Labute approximate surface area is 113 Å². The molecule has 0 spiro atoms. The number of alkyl halides is 7. The summed E-state index contributed by atoms with van der Waals surface area (Å²) in [6, 6.07) is 1.40. The summed E-state index contributed by atoms with van der Waals surface area (Å²) in [5, 5.41) is 1.41. The van der Waals surface area contributed by atoms with Crippen molar-refractivity contribution in [3.63, 3.8) is 0 Å². The van der Waals surface area contributed by atoms with Crippen molar-refractivity contribution in [1.82, 2.24) is 0 Å². The molecule has 0 aliphatic heterocycles. The molecule has 1 aromatic heterocycles. The molecule has 0 amide bonds. The van der Waals surface area contributed by atoms with Crippen molar-refractivity contribution < 1.29 is 26.3 Å². The van der Waals surface area contributed by atoms with Gasteiger partial charge in [0.2, 0.25) is 0 Å². The summed E-state index contributed by atoms with van der Waals surface area (Å²) in [7, 11) is 0. The molecule has 0 aromatic carbocycles. The van der Waals surface area contributed by atoms with Crippen LogP contribution in [0.3, 0.4) is 0 Å². The van der Waals surface area contributed by atoms with E-state index in [-0.39, 0.29) is 9.35 Å². The first-order valence-corrected chi connectivity index (χ1v) is 6.64. The first-order chi connectivity index (χ1) is 7.55. The van der Waals surface area contributed by atoms with Crippen LogP contribution in [0, 0.1) is 5.92 Å². The van der Waals surface area contributed by atoms with Gasteiger partial charge in [-0.15, -0.1) is 11.3 Å². The zero-order chi connectivity index (χ0) is 13.4. The molecule has 0 N–H and O–H groups in total. The SMILES string of the molecule is FC(F)(F)C(C(Br)c1sccc1Br)C(F)(F)F. The molecule has 1 unspecified atom stereocenters. The van der Waals surface area contributed by atoms with Crippen LogP contribution in [0.5, 0.6) is 0 Å². The second-order valence-electron chi connectivity index (χ2n) is 3.10. The lowest BCUT2D eigenvalue weighted by molar-refractivity contribution is -0.283. The van der Waals surface area contributed by atoms with Crippen LogP contribution in [0.4, 0.5) is 26.3 Å². The zero-order valence-corrected chi connectivity index (χ0v) is 11.7. The molecule has 0 fully saturated rings. The Balaban J connectivity index is 3.13. The normalized spacial score (nSPS) is 15.4. The first-order valence-electron chi connectivity index (χ1n) is 4.05. The molecular weight excluding hydrogens is 402 g/mol. The van der Waals surface area contributed by atoms with Gasteiger partial charge >= 0.3 is 12.4 Å². The van der Waals surface area contributed by atoms with E-state index in [1.807, 2.05) is 0 Å². The maximum absolute atomic E-state index is 12.4. The number of thiophene rings is 1. The van der Waals surface area contributed by atoms with Crippen molar-refractivity contribution in [3.05, 3.63) is 20.8 Å². The molecule has 0 radical (unpaired) electrons. The van der Waals surface area contributed by atoms with Gasteiger partial charge in [0.05, 0.1) is 4.83 Å². The van der Waals surface area contributed by atoms with E-state index >= 15 is 0 Å². The van der Waals surface area contributed by atoms with Crippen LogP contribution in [0.15, 0.2) is 15.9 Å². The lowest BCUT2D eigenvalue weighted by Gasteiger charge is -2.26. The smallest absolute Gasteiger partial charge is 0.170 e. The van der Waals surface area contributed by atoms with Crippen molar-refractivity contribution in [1.29, 1.82) is 0 Å². The van der Waals surface area contributed by atoms with Crippen LogP contribution in [-0.2, 0) is 0 Å². The maximum atomic E-state index is 12.4. The van der Waals surface area contributed by atoms with Gasteiger partial charge in [-0.05, 0) is 27.4 Å². The van der Waals surface area contributed by atoms with E-state index in [4.69, 9.17) is 0 Å². The molecule has 9 heteroatoms. The summed E-state index contributed by atoms with van der Waals surface area (Å²) >= 11 is 6.23. The van der Waals surface area contributed by atoms with E-state index in [0.29, 0.717) is 0 Å². The second-order valence-corrected chi connectivity index (χ2v) is 5.88. The summed E-state index contributed by atoms with van der Waals surface area (Å²) < 4.78 is 74.8. The highest BCUT2D eigenvalue weighted by molar-refractivity contribution is 9.11. The van der Waals surface area contributed by atoms with E-state index in [2.05, 4.69) is 31.9 Å². The van der Waals surface area contributed by atoms with Crippen LogP contribution in [0.1, 0.15) is 9.70 Å². The molecule has 17 heavy (non-hydrogen) atoms. The van der Waals surface area contributed by atoms with Gasteiger partial charge in [0.25, 0.3) is 0 Å². The molecule has 1 atom stereocenters. The van der Waals surface area contributed by atoms with E-state index < -0.39 is 23.1 Å². The molecule has 1 aromatic rings. The number of rotatable bonds is 2. The van der Waals surface area contributed by atoms with Gasteiger partial charge in [0, 0.05) is 9.35 Å². The third kappa shape index (κ3) is 3.60. The van der Waals surface area contributed by atoms with Gasteiger partial charge in [-0.2, -0.15) is 26.3 Å². The third-order valence-corrected chi connectivity index (χ3v) is 5.14. The van der Waals surface area contributed by atoms with E-state index in [0.717, 1.165) is 11.3 Å². The minimum Gasteiger partial charge on any atom is -0.170 e. The highest BCUT2D eigenvalue weighted by atomic mass is 79.9. The second kappa shape index (κ2) is 5.08. The van der Waals surface area contributed by atoms with Crippen molar-refractivity contribution in [2.75, 3.05) is 0 Å². The van der Waals surface area contributed by atoms with Crippen molar-refractivity contribution in [2.24, 2.45) is 5.92 Å². The molecule has 0 bridgehead atoms. The zero-order valence-electron chi connectivity index (χ0n) is 7.74. The molecule has 0 saturated heterocycles. The molecule has 0 saturated carbocycles. The fraction of sp³-hybridized carbons (Fsp3) is 0.500. The third-order valence-electron chi connectivity index (χ3n) is 1.89. The maximum Gasteiger partial charge on any atom is 0.401 e. The standard InChI is InChI=1S/C8H4Br2F6S/c9-3-1-2-17-5(3)4(10)6(7(11,12)13)8(14,15)16/h1-2,4,6H. The van der Waals surface area contributed by atoms with Crippen LogP contribution < -0.4 is 0 Å². The van der Waals surface area contributed by atoms with E-state index in [9.17, 15) is 26.3 Å². The van der Waals surface area contributed by atoms with Crippen LogP contribution in [0.2, 0.25) is 0 Å². The molecule has 1 heterocycles. The molecule has 0 aliphatic rings. The van der Waals surface area contributed by atoms with Gasteiger partial charge in [0.15, 0.2) is 5.92 Å². The van der Waals surface area contributed by atoms with Crippen LogP contribution in [-0.4, -0.2) is 12.4 Å². The van der Waals surface area contributed by atoms with Crippen LogP contribution in [0.25, 0.3) is 0 Å². The molecular formula is C8H4Br2F6S. The minimum atomic E-state index is -5.35. The topological polar surface area (TPSA) is 0 Å². The summed E-state index contributed by atoms with van der Waals surface area (Å²) in [5.41, 5.74) is 0. The summed E-state index contributed by atoms with van der Waals surface area (Å²) in [6.45, 7) is 0. The number of hydrogen-bond acceptors (Lipinski definition) is 1. The summed E-state index contributed by atoms with van der Waals surface area (Å²) in [4.78, 5) is -1.89. The Bertz CT molecular complexity index is 368. The van der Waals surface area contributed by atoms with Gasteiger partial charge < -0.3 is 0 Å². The fourth-order valence-corrected chi connectivity index (χ4v) is 4.28. The molecule has 0 nitrogen and oxygen atoms in total. The van der Waals surface area contributed by atoms with Crippen molar-refractivity contribution in [2.45, 2.75) is 17.2 Å². The Morgan fingerprint density at radius 3 is 1.82 bits per heavy atom. The van der Waals surface area contributed by atoms with Crippen LogP contribution >= 0.6 is 43.2 Å². The van der Waals surface area contributed by atoms with Gasteiger partial charge in [-0.3, -0.25) is 0 Å². The van der Waals surface area contributed by atoms with Crippen molar-refractivity contribution >= 4 is 43.2 Å².